The topological polar surface area (TPSA) is 111 Å². The summed E-state index contributed by atoms with van der Waals surface area (Å²) < 4.78 is 0. The number of hydrogen-bond acceptors (Lipinski definition) is 4. The minimum absolute atomic E-state index is 0.176. The number of carbonyl (C=O) groups is 2. The van der Waals surface area contributed by atoms with E-state index < -0.39 is 5.91 Å². The van der Waals surface area contributed by atoms with E-state index in [9.17, 15) is 14.4 Å². The van der Waals surface area contributed by atoms with Gasteiger partial charge in [-0.25, -0.2) is 0 Å². The number of nitrogens with zero attached hydrogens (tertiary/aromatic N) is 2. The Morgan fingerprint density at radius 3 is 2.64 bits per heavy atom. The Bertz CT molecular complexity index is 1420. The highest BCUT2D eigenvalue weighted by Crippen LogP contribution is 2.27. The van der Waals surface area contributed by atoms with Crippen molar-refractivity contribution in [1.82, 2.24) is 15.2 Å². The summed E-state index contributed by atoms with van der Waals surface area (Å²) in [5.41, 5.74) is 3.45. The maximum absolute atomic E-state index is 13.1. The van der Waals surface area contributed by atoms with Gasteiger partial charge in [0.05, 0.1) is 0 Å². The molecule has 0 saturated heterocycles. The van der Waals surface area contributed by atoms with Crippen LogP contribution < -0.4 is 15.8 Å². The van der Waals surface area contributed by atoms with Crippen molar-refractivity contribution in [3.63, 3.8) is 0 Å². The molecule has 0 saturated carbocycles. The van der Waals surface area contributed by atoms with Crippen molar-refractivity contribution in [3.8, 4) is 11.1 Å². The van der Waals surface area contributed by atoms with Crippen molar-refractivity contribution in [3.05, 3.63) is 99.2 Å². The lowest BCUT2D eigenvalue weighted by molar-refractivity contribution is 0.0975. The summed E-state index contributed by atoms with van der Waals surface area (Å²) in [4.78, 5) is 42.1. The van der Waals surface area contributed by atoms with E-state index in [-0.39, 0.29) is 17.2 Å². The van der Waals surface area contributed by atoms with Crippen molar-refractivity contribution in [2.75, 3.05) is 16.8 Å². The molecule has 1 aliphatic heterocycles. The summed E-state index contributed by atoms with van der Waals surface area (Å²) in [6.07, 6.45) is 2.05. The fourth-order valence-corrected chi connectivity index (χ4v) is 4.10. The molecule has 2 aromatic carbocycles. The standard InChI is InChI=1S/C24H18ClN5O3/c25-15-3-1-4-16(13-15)27-23(32)20-19-10-12-30(24(33)21(19)29-28-20)17-8-6-14(7-9-17)18-5-2-11-26-22(18)31/h1-9,11,13H,10,12H2,(H,26,31)(H,27,32)(H,28,29). The van der Waals surface area contributed by atoms with E-state index >= 15 is 0 Å². The second-order valence-electron chi connectivity index (χ2n) is 7.56. The molecule has 9 heteroatoms. The first-order valence-electron chi connectivity index (χ1n) is 10.3. The first kappa shape index (κ1) is 20.7. The lowest BCUT2D eigenvalue weighted by Gasteiger charge is -2.27. The van der Waals surface area contributed by atoms with Crippen LogP contribution in [0.25, 0.3) is 11.1 Å². The zero-order valence-electron chi connectivity index (χ0n) is 17.3. The third-order valence-corrected chi connectivity index (χ3v) is 5.75. The number of nitrogens with one attached hydrogen (secondary N) is 3. The lowest BCUT2D eigenvalue weighted by atomic mass is 10.0. The summed E-state index contributed by atoms with van der Waals surface area (Å²) in [7, 11) is 0. The van der Waals surface area contributed by atoms with Crippen LogP contribution in [0, 0.1) is 0 Å². The number of aromatic amines is 2. The van der Waals surface area contributed by atoms with E-state index in [2.05, 4.69) is 20.5 Å². The van der Waals surface area contributed by atoms with E-state index in [4.69, 9.17) is 11.6 Å². The first-order chi connectivity index (χ1) is 16.0. The highest BCUT2D eigenvalue weighted by atomic mass is 35.5. The van der Waals surface area contributed by atoms with Crippen molar-refractivity contribution in [2.45, 2.75) is 6.42 Å². The molecule has 0 aliphatic carbocycles. The van der Waals surface area contributed by atoms with Crippen LogP contribution in [0.5, 0.6) is 0 Å². The highest BCUT2D eigenvalue weighted by Gasteiger charge is 2.32. The van der Waals surface area contributed by atoms with Gasteiger partial charge in [-0.3, -0.25) is 19.5 Å². The van der Waals surface area contributed by atoms with Crippen LogP contribution in [-0.2, 0) is 6.42 Å². The van der Waals surface area contributed by atoms with Crippen LogP contribution >= 0.6 is 11.6 Å². The number of rotatable bonds is 4. The molecule has 5 rings (SSSR count). The Balaban J connectivity index is 1.36. The Morgan fingerprint density at radius 2 is 1.88 bits per heavy atom. The van der Waals surface area contributed by atoms with E-state index in [0.29, 0.717) is 46.2 Å². The SMILES string of the molecule is O=C(Nc1cccc(Cl)c1)c1n[nH]c2c1CCN(c1ccc(-c3ccc[nH]c3=O)cc1)C2=O. The average Bonchev–Trinajstić information content (AvgIpc) is 3.25. The van der Waals surface area contributed by atoms with E-state index in [1.807, 2.05) is 0 Å². The van der Waals surface area contributed by atoms with E-state index in [1.165, 1.54) is 0 Å². The number of benzene rings is 2. The molecule has 8 nitrogen and oxygen atoms in total. The fourth-order valence-electron chi connectivity index (χ4n) is 3.91. The normalized spacial score (nSPS) is 13.0. The van der Waals surface area contributed by atoms with Gasteiger partial charge in [0.25, 0.3) is 17.4 Å². The minimum atomic E-state index is -0.409. The molecule has 164 valence electrons. The molecule has 1 aliphatic rings. The monoisotopic (exact) mass is 459 g/mol. The van der Waals surface area contributed by atoms with Gasteiger partial charge < -0.3 is 15.2 Å². The van der Waals surface area contributed by atoms with Gasteiger partial charge in [0.2, 0.25) is 0 Å². The minimum Gasteiger partial charge on any atom is -0.329 e. The fraction of sp³-hybridized carbons (Fsp3) is 0.0833. The molecule has 0 spiro atoms. The second-order valence-corrected chi connectivity index (χ2v) is 7.99. The number of anilines is 2. The Morgan fingerprint density at radius 1 is 1.06 bits per heavy atom. The zero-order chi connectivity index (χ0) is 22.9. The van der Waals surface area contributed by atoms with Gasteiger partial charge in [-0.1, -0.05) is 29.8 Å². The second kappa shape index (κ2) is 8.40. The predicted octanol–water partition coefficient (Wildman–Crippen LogP) is 3.87. The maximum Gasteiger partial charge on any atom is 0.276 e. The summed E-state index contributed by atoms with van der Waals surface area (Å²) in [5.74, 6) is -0.677. The largest absolute Gasteiger partial charge is 0.329 e. The Kier molecular flexibility index (Phi) is 5.27. The molecule has 4 aromatic rings. The number of fused-ring (bicyclic) bond motifs is 1. The molecule has 0 unspecified atom stereocenters. The summed E-state index contributed by atoms with van der Waals surface area (Å²) in [6.45, 7) is 0.397. The highest BCUT2D eigenvalue weighted by molar-refractivity contribution is 6.31. The maximum atomic E-state index is 13.1. The first-order valence-corrected chi connectivity index (χ1v) is 10.6. The van der Waals surface area contributed by atoms with Gasteiger partial charge in [-0.05, 0) is 54.4 Å². The average molecular weight is 460 g/mol. The summed E-state index contributed by atoms with van der Waals surface area (Å²) >= 11 is 5.97. The molecule has 0 atom stereocenters. The van der Waals surface area contributed by atoms with E-state index in [0.717, 1.165) is 5.56 Å². The molecule has 3 heterocycles. The molecule has 2 aromatic heterocycles. The van der Waals surface area contributed by atoms with Gasteiger partial charge in [0, 0.05) is 40.3 Å². The van der Waals surface area contributed by atoms with Gasteiger partial charge in [-0.15, -0.1) is 0 Å². The van der Waals surface area contributed by atoms with Crippen molar-refractivity contribution < 1.29 is 9.59 Å². The number of pyridine rings is 1. The lowest BCUT2D eigenvalue weighted by Crippen LogP contribution is -2.38. The van der Waals surface area contributed by atoms with Crippen molar-refractivity contribution in [2.24, 2.45) is 0 Å². The molecule has 2 amide bonds. The third-order valence-electron chi connectivity index (χ3n) is 5.52. The van der Waals surface area contributed by atoms with Gasteiger partial charge in [0.15, 0.2) is 5.69 Å². The molecule has 33 heavy (non-hydrogen) atoms. The van der Waals surface area contributed by atoms with Crippen LogP contribution in [0.15, 0.2) is 71.7 Å². The van der Waals surface area contributed by atoms with Crippen LogP contribution in [0.1, 0.15) is 26.5 Å². The van der Waals surface area contributed by atoms with Gasteiger partial charge >= 0.3 is 0 Å². The van der Waals surface area contributed by atoms with Crippen LogP contribution in [0.4, 0.5) is 11.4 Å². The Hall–Kier alpha value is -4.17. The third kappa shape index (κ3) is 3.92. The van der Waals surface area contributed by atoms with Crippen LogP contribution in [-0.4, -0.2) is 33.5 Å². The summed E-state index contributed by atoms with van der Waals surface area (Å²) in [6, 6.07) is 17.5. The number of hydrogen-bond donors (Lipinski definition) is 3. The van der Waals surface area contributed by atoms with Gasteiger partial charge in [-0.2, -0.15) is 5.10 Å². The van der Waals surface area contributed by atoms with E-state index in [1.54, 1.807) is 71.8 Å². The molecule has 3 N–H and O–H groups in total. The molecular weight excluding hydrogens is 442 g/mol. The summed E-state index contributed by atoms with van der Waals surface area (Å²) in [5, 5.41) is 10.1. The molecular formula is C24H18ClN5O3. The zero-order valence-corrected chi connectivity index (χ0v) is 18.0. The molecule has 0 radical (unpaired) electrons. The number of amides is 2. The molecule has 0 fully saturated rings. The predicted molar refractivity (Wildman–Crippen MR) is 126 cm³/mol. The molecule has 0 bridgehead atoms. The Labute approximate surface area is 193 Å². The van der Waals surface area contributed by atoms with Gasteiger partial charge in [0.1, 0.15) is 5.69 Å². The number of H-pyrrole nitrogens is 2. The van der Waals surface area contributed by atoms with Crippen molar-refractivity contribution in [1.29, 1.82) is 0 Å². The number of carbonyl (C=O) groups excluding carboxylic acids is 2. The number of halogens is 1. The van der Waals surface area contributed by atoms with Crippen LogP contribution in [0.3, 0.4) is 0 Å². The number of aromatic nitrogens is 3. The quantitative estimate of drug-likeness (QED) is 0.430. The smallest absolute Gasteiger partial charge is 0.276 e. The van der Waals surface area contributed by atoms with Crippen molar-refractivity contribution >= 4 is 34.8 Å². The van der Waals surface area contributed by atoms with Crippen LogP contribution in [0.2, 0.25) is 5.02 Å².